The zero-order valence-corrected chi connectivity index (χ0v) is 18.7. The number of ether oxygens (including phenoxy) is 1. The van der Waals surface area contributed by atoms with Crippen molar-refractivity contribution in [1.29, 1.82) is 0 Å². The maximum absolute atomic E-state index is 14.7. The Morgan fingerprint density at radius 2 is 1.94 bits per heavy atom. The molecule has 164 valence electrons. The zero-order chi connectivity index (χ0) is 22.7. The molecule has 0 bridgehead atoms. The first-order valence-electron chi connectivity index (χ1n) is 10.3. The lowest BCUT2D eigenvalue weighted by molar-refractivity contribution is -0.118. The SMILES string of the molecule is CC(=O)c1ccc(F)c(-c2cc(C)cc3c2O[C@H](CNC(=O)CSc2ccncc2)C3)c1. The van der Waals surface area contributed by atoms with Gasteiger partial charge in [-0.2, -0.15) is 0 Å². The van der Waals surface area contributed by atoms with Gasteiger partial charge in [-0.3, -0.25) is 14.6 Å². The molecule has 1 aliphatic heterocycles. The Bertz CT molecular complexity index is 1170. The zero-order valence-electron chi connectivity index (χ0n) is 17.9. The van der Waals surface area contributed by atoms with E-state index in [1.165, 1.54) is 30.8 Å². The van der Waals surface area contributed by atoms with Crippen LogP contribution in [0.1, 0.15) is 28.4 Å². The quantitative estimate of drug-likeness (QED) is 0.421. The highest BCUT2D eigenvalue weighted by Crippen LogP contribution is 2.41. The minimum atomic E-state index is -0.406. The van der Waals surface area contributed by atoms with Gasteiger partial charge in [0.25, 0.3) is 0 Å². The summed E-state index contributed by atoms with van der Waals surface area (Å²) >= 11 is 1.44. The van der Waals surface area contributed by atoms with Gasteiger partial charge in [0.15, 0.2) is 5.78 Å². The van der Waals surface area contributed by atoms with Crippen molar-refractivity contribution in [3.63, 3.8) is 0 Å². The Labute approximate surface area is 190 Å². The first-order valence-corrected chi connectivity index (χ1v) is 11.3. The number of thioether (sulfide) groups is 1. The Balaban J connectivity index is 1.45. The van der Waals surface area contributed by atoms with Crippen molar-refractivity contribution >= 4 is 23.5 Å². The molecule has 2 aromatic carbocycles. The highest BCUT2D eigenvalue weighted by Gasteiger charge is 2.28. The molecule has 0 radical (unpaired) electrons. The molecule has 1 amide bonds. The number of carbonyl (C=O) groups excluding carboxylic acids is 2. The molecule has 0 unspecified atom stereocenters. The van der Waals surface area contributed by atoms with Gasteiger partial charge < -0.3 is 10.1 Å². The van der Waals surface area contributed by atoms with Crippen molar-refractivity contribution < 1.29 is 18.7 Å². The van der Waals surface area contributed by atoms with Gasteiger partial charge in [0.1, 0.15) is 17.7 Å². The van der Waals surface area contributed by atoms with E-state index in [-0.39, 0.29) is 17.8 Å². The average Bonchev–Trinajstić information content (AvgIpc) is 3.19. The van der Waals surface area contributed by atoms with Gasteiger partial charge in [-0.05, 0) is 61.4 Å². The van der Waals surface area contributed by atoms with Crippen molar-refractivity contribution in [3.8, 4) is 16.9 Å². The predicted molar refractivity (Wildman–Crippen MR) is 123 cm³/mol. The molecule has 1 aliphatic rings. The van der Waals surface area contributed by atoms with Crippen LogP contribution < -0.4 is 10.1 Å². The summed E-state index contributed by atoms with van der Waals surface area (Å²) in [5, 5.41) is 2.92. The van der Waals surface area contributed by atoms with Gasteiger partial charge in [-0.25, -0.2) is 4.39 Å². The van der Waals surface area contributed by atoms with Gasteiger partial charge >= 0.3 is 0 Å². The van der Waals surface area contributed by atoms with Gasteiger partial charge in [0.05, 0.1) is 12.3 Å². The van der Waals surface area contributed by atoms with Crippen molar-refractivity contribution in [2.75, 3.05) is 12.3 Å². The summed E-state index contributed by atoms with van der Waals surface area (Å²) in [5.41, 5.74) is 3.37. The van der Waals surface area contributed by atoms with Crippen LogP contribution in [0, 0.1) is 12.7 Å². The number of fused-ring (bicyclic) bond motifs is 1. The van der Waals surface area contributed by atoms with Crippen LogP contribution in [-0.2, 0) is 11.2 Å². The third kappa shape index (κ3) is 4.99. The maximum atomic E-state index is 14.7. The highest BCUT2D eigenvalue weighted by atomic mass is 32.2. The number of halogens is 1. The molecule has 3 aromatic rings. The van der Waals surface area contributed by atoms with Gasteiger partial charge in [0.2, 0.25) is 5.91 Å². The third-order valence-corrected chi connectivity index (χ3v) is 6.26. The lowest BCUT2D eigenvalue weighted by Crippen LogP contribution is -2.35. The monoisotopic (exact) mass is 450 g/mol. The summed E-state index contributed by atoms with van der Waals surface area (Å²) in [5.74, 6) is 0.304. The first kappa shape index (κ1) is 22.0. The number of amides is 1. The summed E-state index contributed by atoms with van der Waals surface area (Å²) in [4.78, 5) is 29.0. The summed E-state index contributed by atoms with van der Waals surface area (Å²) < 4.78 is 20.8. The molecular formula is C25H23FN2O3S. The number of rotatable bonds is 7. The van der Waals surface area contributed by atoms with Crippen LogP contribution in [0.5, 0.6) is 5.75 Å². The molecule has 0 aliphatic carbocycles. The number of hydrogen-bond acceptors (Lipinski definition) is 5. The molecule has 0 fully saturated rings. The van der Waals surface area contributed by atoms with Gasteiger partial charge in [-0.1, -0.05) is 6.07 Å². The maximum Gasteiger partial charge on any atom is 0.230 e. The van der Waals surface area contributed by atoms with E-state index >= 15 is 0 Å². The summed E-state index contributed by atoms with van der Waals surface area (Å²) in [7, 11) is 0. The van der Waals surface area contributed by atoms with E-state index in [4.69, 9.17) is 4.74 Å². The van der Waals surface area contributed by atoms with E-state index < -0.39 is 5.82 Å². The largest absolute Gasteiger partial charge is 0.487 e. The lowest BCUT2D eigenvalue weighted by atomic mass is 9.95. The third-order valence-electron chi connectivity index (χ3n) is 5.25. The molecule has 1 aromatic heterocycles. The molecule has 1 atom stereocenters. The van der Waals surface area contributed by atoms with Crippen LogP contribution >= 0.6 is 11.8 Å². The highest BCUT2D eigenvalue weighted by molar-refractivity contribution is 8.00. The van der Waals surface area contributed by atoms with E-state index in [0.717, 1.165) is 16.0 Å². The molecule has 7 heteroatoms. The number of nitrogens with zero attached hydrogens (tertiary/aromatic N) is 1. The van der Waals surface area contributed by atoms with E-state index in [1.54, 1.807) is 18.5 Å². The predicted octanol–water partition coefficient (Wildman–Crippen LogP) is 4.61. The summed E-state index contributed by atoms with van der Waals surface area (Å²) in [6, 6.07) is 12.0. The minimum Gasteiger partial charge on any atom is -0.487 e. The minimum absolute atomic E-state index is 0.0806. The van der Waals surface area contributed by atoms with Crippen LogP contribution in [0.3, 0.4) is 0 Å². The second kappa shape index (κ2) is 9.53. The second-order valence-electron chi connectivity index (χ2n) is 7.77. The second-order valence-corrected chi connectivity index (χ2v) is 8.82. The standard InChI is InChI=1S/C25H23FN2O3S/c1-15-9-18-11-19(13-28-24(30)14-32-20-5-7-27-8-6-20)31-25(18)22(10-15)21-12-17(16(2)29)3-4-23(21)26/h3-10,12,19H,11,13-14H2,1-2H3,(H,28,30)/t19-/m0/s1. The van der Waals surface area contributed by atoms with Crippen molar-refractivity contribution in [2.24, 2.45) is 0 Å². The number of carbonyl (C=O) groups is 2. The molecule has 0 saturated carbocycles. The van der Waals surface area contributed by atoms with Crippen LogP contribution in [0.25, 0.3) is 11.1 Å². The Morgan fingerprint density at radius 3 is 2.69 bits per heavy atom. The molecule has 5 nitrogen and oxygen atoms in total. The molecule has 4 rings (SSSR count). The normalized spacial score (nSPS) is 14.5. The first-order chi connectivity index (χ1) is 15.4. The Morgan fingerprint density at radius 1 is 1.16 bits per heavy atom. The fraction of sp³-hybridized carbons (Fsp3) is 0.240. The smallest absolute Gasteiger partial charge is 0.230 e. The van der Waals surface area contributed by atoms with Gasteiger partial charge in [-0.15, -0.1) is 11.8 Å². The van der Waals surface area contributed by atoms with E-state index in [9.17, 15) is 14.0 Å². The van der Waals surface area contributed by atoms with Crippen molar-refractivity contribution in [2.45, 2.75) is 31.3 Å². The number of nitrogens with one attached hydrogen (secondary N) is 1. The molecule has 0 saturated heterocycles. The summed E-state index contributed by atoms with van der Waals surface area (Å²) in [6.45, 7) is 3.76. The molecule has 1 N–H and O–H groups in total. The fourth-order valence-electron chi connectivity index (χ4n) is 3.72. The van der Waals surface area contributed by atoms with Crippen LogP contribution in [0.2, 0.25) is 0 Å². The number of aromatic nitrogens is 1. The molecule has 0 spiro atoms. The fourth-order valence-corrected chi connectivity index (χ4v) is 4.43. The number of benzene rings is 2. The molecule has 32 heavy (non-hydrogen) atoms. The van der Waals surface area contributed by atoms with Crippen LogP contribution in [-0.4, -0.2) is 35.1 Å². The van der Waals surface area contributed by atoms with E-state index in [1.807, 2.05) is 31.2 Å². The van der Waals surface area contributed by atoms with E-state index in [0.29, 0.717) is 41.2 Å². The lowest BCUT2D eigenvalue weighted by Gasteiger charge is -2.15. The topological polar surface area (TPSA) is 68.3 Å². The number of hydrogen-bond donors (Lipinski definition) is 1. The number of ketones is 1. The van der Waals surface area contributed by atoms with Crippen LogP contribution in [0.15, 0.2) is 59.8 Å². The average molecular weight is 451 g/mol. The van der Waals surface area contributed by atoms with E-state index in [2.05, 4.69) is 10.3 Å². The van der Waals surface area contributed by atoms with Crippen molar-refractivity contribution in [3.05, 3.63) is 77.4 Å². The molecule has 2 heterocycles. The number of aryl methyl sites for hydroxylation is 1. The number of pyridine rings is 1. The van der Waals surface area contributed by atoms with Crippen molar-refractivity contribution in [1.82, 2.24) is 10.3 Å². The molecular weight excluding hydrogens is 427 g/mol. The van der Waals surface area contributed by atoms with Gasteiger partial charge in [0, 0.05) is 40.4 Å². The number of Topliss-reactive ketones (excluding diaryl/α,β-unsaturated/α-hetero) is 1. The Kier molecular flexibility index (Phi) is 6.55. The Hall–Kier alpha value is -3.19. The summed E-state index contributed by atoms with van der Waals surface area (Å²) in [6.07, 6.45) is 3.77. The van der Waals surface area contributed by atoms with Crippen LogP contribution in [0.4, 0.5) is 4.39 Å².